The lowest BCUT2D eigenvalue weighted by Crippen LogP contribution is -2.09. The number of hydrogen-bond donors (Lipinski definition) is 2. The Morgan fingerprint density at radius 3 is 2.54 bits per heavy atom. The summed E-state index contributed by atoms with van der Waals surface area (Å²) in [5.41, 5.74) is 3.85. The van der Waals surface area contributed by atoms with Gasteiger partial charge < -0.3 is 4.98 Å². The fourth-order valence-corrected chi connectivity index (χ4v) is 3.27. The van der Waals surface area contributed by atoms with Crippen molar-refractivity contribution >= 4 is 32.8 Å². The highest BCUT2D eigenvalue weighted by atomic mass is 16.1. The smallest absolute Gasteiger partial charge is 0.259 e. The quantitative estimate of drug-likeness (QED) is 0.464. The molecule has 0 bridgehead atoms. The summed E-state index contributed by atoms with van der Waals surface area (Å²) in [6.45, 7) is 0. The monoisotopic (exact) mass is 312 g/mol. The van der Waals surface area contributed by atoms with Crippen LogP contribution in [-0.4, -0.2) is 20.2 Å². The van der Waals surface area contributed by atoms with Gasteiger partial charge in [-0.1, -0.05) is 48.5 Å². The van der Waals surface area contributed by atoms with Crippen molar-refractivity contribution in [3.63, 3.8) is 0 Å². The molecule has 0 saturated carbocycles. The molecule has 0 fully saturated rings. The van der Waals surface area contributed by atoms with Crippen LogP contribution in [0, 0.1) is 0 Å². The first kappa shape index (κ1) is 13.0. The summed E-state index contributed by atoms with van der Waals surface area (Å²) in [5.74, 6) is 0. The molecule has 24 heavy (non-hydrogen) atoms. The Morgan fingerprint density at radius 2 is 1.67 bits per heavy atom. The third kappa shape index (κ3) is 1.72. The molecule has 5 aromatic rings. The van der Waals surface area contributed by atoms with E-state index < -0.39 is 0 Å². The van der Waals surface area contributed by atoms with Crippen molar-refractivity contribution in [2.24, 2.45) is 0 Å². The van der Waals surface area contributed by atoms with Crippen molar-refractivity contribution in [3.8, 4) is 11.1 Å². The van der Waals surface area contributed by atoms with Gasteiger partial charge in [0.15, 0.2) is 0 Å². The van der Waals surface area contributed by atoms with E-state index >= 15 is 0 Å². The van der Waals surface area contributed by atoms with E-state index in [0.717, 1.165) is 27.4 Å². The molecular weight excluding hydrogens is 300 g/mol. The molecule has 0 radical (unpaired) electrons. The van der Waals surface area contributed by atoms with Crippen LogP contribution in [0.2, 0.25) is 0 Å². The molecule has 5 rings (SSSR count). The van der Waals surface area contributed by atoms with Crippen LogP contribution in [0.4, 0.5) is 0 Å². The molecule has 5 nitrogen and oxygen atoms in total. The number of aromatic amines is 2. The lowest BCUT2D eigenvalue weighted by Gasteiger charge is -2.11. The molecule has 0 spiro atoms. The molecule has 2 N–H and O–H groups in total. The van der Waals surface area contributed by atoms with Gasteiger partial charge in [-0.05, 0) is 11.6 Å². The minimum atomic E-state index is -0.168. The van der Waals surface area contributed by atoms with Crippen LogP contribution in [0.3, 0.4) is 0 Å². The van der Waals surface area contributed by atoms with E-state index in [9.17, 15) is 4.79 Å². The zero-order chi connectivity index (χ0) is 16.1. The van der Waals surface area contributed by atoms with Crippen LogP contribution in [0.1, 0.15) is 0 Å². The normalized spacial score (nSPS) is 11.5. The Hall–Kier alpha value is -3.47. The molecule has 0 aliphatic rings. The topological polar surface area (TPSA) is 74.4 Å². The Labute approximate surface area is 136 Å². The lowest BCUT2D eigenvalue weighted by molar-refractivity contribution is 1.09. The zero-order valence-corrected chi connectivity index (χ0v) is 12.6. The van der Waals surface area contributed by atoms with Crippen molar-refractivity contribution in [2.75, 3.05) is 0 Å². The van der Waals surface area contributed by atoms with Gasteiger partial charge in [-0.25, -0.2) is 4.98 Å². The highest BCUT2D eigenvalue weighted by Crippen LogP contribution is 2.34. The number of nitrogens with zero attached hydrogens (tertiary/aromatic N) is 2. The molecule has 114 valence electrons. The van der Waals surface area contributed by atoms with Crippen LogP contribution in [-0.2, 0) is 0 Å². The number of para-hydroxylation sites is 1. The fourth-order valence-electron chi connectivity index (χ4n) is 3.27. The summed E-state index contributed by atoms with van der Waals surface area (Å²) >= 11 is 0. The number of pyridine rings is 2. The number of hydrogen-bond acceptors (Lipinski definition) is 3. The van der Waals surface area contributed by atoms with Gasteiger partial charge in [0.25, 0.3) is 5.56 Å². The molecule has 2 aromatic carbocycles. The number of rotatable bonds is 1. The lowest BCUT2D eigenvalue weighted by atomic mass is 9.96. The summed E-state index contributed by atoms with van der Waals surface area (Å²) in [5, 5.41) is 9.22. The van der Waals surface area contributed by atoms with Crippen molar-refractivity contribution in [2.45, 2.75) is 0 Å². The summed E-state index contributed by atoms with van der Waals surface area (Å²) in [6, 6.07) is 17.8. The Morgan fingerprint density at radius 1 is 0.875 bits per heavy atom. The number of aromatic nitrogens is 4. The second-order valence-corrected chi connectivity index (χ2v) is 5.71. The van der Waals surface area contributed by atoms with E-state index in [1.165, 1.54) is 0 Å². The summed E-state index contributed by atoms with van der Waals surface area (Å²) in [7, 11) is 0. The maximum atomic E-state index is 12.8. The number of benzene rings is 2. The predicted octanol–water partition coefficient (Wildman–Crippen LogP) is 3.62. The summed E-state index contributed by atoms with van der Waals surface area (Å²) < 4.78 is 0. The first-order valence-corrected chi connectivity index (χ1v) is 7.66. The standard InChI is InChI=1S/C19H12N4O/c24-19-16-15(11-6-2-1-3-7-11)12-8-4-5-9-14(12)21-17(16)13-10-20-23-18(13)22-19/h1-10H,(H2,20,22,23,24). The van der Waals surface area contributed by atoms with Crippen LogP contribution in [0.5, 0.6) is 0 Å². The van der Waals surface area contributed by atoms with Gasteiger partial charge in [0, 0.05) is 10.9 Å². The highest BCUT2D eigenvalue weighted by Gasteiger charge is 2.16. The molecule has 3 heterocycles. The molecule has 0 aliphatic heterocycles. The highest BCUT2D eigenvalue weighted by molar-refractivity contribution is 6.15. The van der Waals surface area contributed by atoms with Gasteiger partial charge in [0.1, 0.15) is 5.65 Å². The largest absolute Gasteiger partial charge is 0.306 e. The van der Waals surface area contributed by atoms with Gasteiger partial charge in [0.2, 0.25) is 0 Å². The summed E-state index contributed by atoms with van der Waals surface area (Å²) in [4.78, 5) is 20.4. The third-order valence-corrected chi connectivity index (χ3v) is 4.31. The van der Waals surface area contributed by atoms with E-state index in [0.29, 0.717) is 16.6 Å². The van der Waals surface area contributed by atoms with Gasteiger partial charge in [0.05, 0.1) is 28.0 Å². The van der Waals surface area contributed by atoms with E-state index in [4.69, 9.17) is 4.98 Å². The van der Waals surface area contributed by atoms with Crippen LogP contribution in [0.25, 0.3) is 44.0 Å². The SMILES string of the molecule is O=c1[nH]c2[nH]ncc2c2nc3ccccc3c(-c3ccccc3)c12. The average molecular weight is 312 g/mol. The first-order valence-electron chi connectivity index (χ1n) is 7.66. The van der Waals surface area contributed by atoms with Crippen LogP contribution >= 0.6 is 0 Å². The summed E-state index contributed by atoms with van der Waals surface area (Å²) in [6.07, 6.45) is 1.70. The number of nitrogens with one attached hydrogen (secondary N) is 2. The van der Waals surface area contributed by atoms with Gasteiger partial charge in [-0.2, -0.15) is 5.10 Å². The Bertz CT molecular complexity index is 1270. The number of H-pyrrole nitrogens is 2. The second-order valence-electron chi connectivity index (χ2n) is 5.71. The van der Waals surface area contributed by atoms with Crippen LogP contribution in [0.15, 0.2) is 65.6 Å². The Balaban J connectivity index is 2.12. The fraction of sp³-hybridized carbons (Fsp3) is 0. The van der Waals surface area contributed by atoms with Gasteiger partial charge in [-0.15, -0.1) is 0 Å². The maximum absolute atomic E-state index is 12.8. The molecule has 0 amide bonds. The van der Waals surface area contributed by atoms with E-state index in [1.54, 1.807) is 6.20 Å². The Kier molecular flexibility index (Phi) is 2.58. The van der Waals surface area contributed by atoms with Crippen molar-refractivity contribution in [1.29, 1.82) is 0 Å². The first-order chi connectivity index (χ1) is 11.8. The van der Waals surface area contributed by atoms with Crippen LogP contribution < -0.4 is 5.56 Å². The second kappa shape index (κ2) is 4.76. The maximum Gasteiger partial charge on any atom is 0.259 e. The molecule has 0 atom stereocenters. The van der Waals surface area contributed by atoms with E-state index in [2.05, 4.69) is 15.2 Å². The van der Waals surface area contributed by atoms with Gasteiger partial charge in [-0.3, -0.25) is 9.89 Å². The molecule has 0 aliphatic carbocycles. The van der Waals surface area contributed by atoms with Crippen molar-refractivity contribution in [1.82, 2.24) is 20.2 Å². The van der Waals surface area contributed by atoms with E-state index in [-0.39, 0.29) is 5.56 Å². The molecule has 3 aromatic heterocycles. The minimum Gasteiger partial charge on any atom is -0.306 e. The zero-order valence-electron chi connectivity index (χ0n) is 12.6. The average Bonchev–Trinajstić information content (AvgIpc) is 3.09. The molecule has 5 heteroatoms. The van der Waals surface area contributed by atoms with Crippen molar-refractivity contribution in [3.05, 3.63) is 71.1 Å². The molecule has 0 saturated heterocycles. The third-order valence-electron chi connectivity index (χ3n) is 4.31. The van der Waals surface area contributed by atoms with Crippen molar-refractivity contribution < 1.29 is 0 Å². The van der Waals surface area contributed by atoms with E-state index in [1.807, 2.05) is 54.6 Å². The minimum absolute atomic E-state index is 0.168. The molecule has 0 unspecified atom stereocenters. The molecular formula is C19H12N4O. The van der Waals surface area contributed by atoms with Gasteiger partial charge >= 0.3 is 0 Å². The number of fused-ring (bicyclic) bond motifs is 4. The predicted molar refractivity (Wildman–Crippen MR) is 95.0 cm³/mol.